The van der Waals surface area contributed by atoms with Crippen molar-refractivity contribution in [3.05, 3.63) is 0 Å². The molecule has 0 spiro atoms. The summed E-state index contributed by atoms with van der Waals surface area (Å²) in [6.07, 6.45) is 1.12. The van der Waals surface area contributed by atoms with E-state index in [4.69, 9.17) is 8.92 Å². The van der Waals surface area contributed by atoms with E-state index in [1.54, 1.807) is 6.92 Å². The molecule has 0 bridgehead atoms. The van der Waals surface area contributed by atoms with Crippen LogP contribution in [0.25, 0.3) is 0 Å². The van der Waals surface area contributed by atoms with E-state index in [-0.39, 0.29) is 12.2 Å². The highest BCUT2D eigenvalue weighted by Gasteiger charge is 2.61. The minimum atomic E-state index is -3.40. The van der Waals surface area contributed by atoms with Crippen LogP contribution in [0.2, 0.25) is 0 Å². The molecule has 0 aromatic heterocycles. The van der Waals surface area contributed by atoms with Gasteiger partial charge < -0.3 is 4.74 Å². The highest BCUT2D eigenvalue weighted by atomic mass is 32.2. The van der Waals surface area contributed by atoms with E-state index in [0.29, 0.717) is 6.42 Å². The molecule has 2 rings (SSSR count). The van der Waals surface area contributed by atoms with Crippen molar-refractivity contribution in [2.24, 2.45) is 0 Å². The molecule has 5 heteroatoms. The predicted octanol–water partition coefficient (Wildman–Crippen LogP) is 1.06. The maximum Gasteiger partial charge on any atom is 0.273 e. The van der Waals surface area contributed by atoms with E-state index in [9.17, 15) is 8.42 Å². The molecule has 4 unspecified atom stereocenters. The fourth-order valence-electron chi connectivity index (χ4n) is 2.33. The van der Waals surface area contributed by atoms with Gasteiger partial charge in [0.05, 0.1) is 6.10 Å². The summed E-state index contributed by atoms with van der Waals surface area (Å²) in [6.45, 7) is 5.60. The molecule has 0 amide bonds. The van der Waals surface area contributed by atoms with Gasteiger partial charge in [-0.05, 0) is 26.7 Å². The fourth-order valence-corrected chi connectivity index (χ4v) is 4.33. The smallest absolute Gasteiger partial charge is 0.273 e. The van der Waals surface area contributed by atoms with Crippen LogP contribution in [0.15, 0.2) is 0 Å². The fraction of sp³-hybridized carbons (Fsp3) is 1.00. The van der Waals surface area contributed by atoms with Crippen molar-refractivity contribution in [2.45, 2.75) is 56.7 Å². The van der Waals surface area contributed by atoms with Crippen LogP contribution in [0.1, 0.15) is 33.6 Å². The van der Waals surface area contributed by atoms with Crippen LogP contribution in [0, 0.1) is 0 Å². The van der Waals surface area contributed by atoms with E-state index in [0.717, 1.165) is 6.42 Å². The number of hydrogen-bond donors (Lipinski definition) is 0. The minimum absolute atomic E-state index is 0.0612. The van der Waals surface area contributed by atoms with E-state index in [1.165, 1.54) is 0 Å². The summed E-state index contributed by atoms with van der Waals surface area (Å²) in [5.41, 5.74) is -0.639. The largest absolute Gasteiger partial charge is 0.368 e. The molecular formula is C9H16O4S. The second kappa shape index (κ2) is 2.93. The first-order valence-electron chi connectivity index (χ1n) is 5.00. The summed E-state index contributed by atoms with van der Waals surface area (Å²) < 4.78 is 34.0. The van der Waals surface area contributed by atoms with Gasteiger partial charge in [0, 0.05) is 0 Å². The second-order valence-corrected chi connectivity index (χ2v) is 6.03. The van der Waals surface area contributed by atoms with Crippen molar-refractivity contribution in [1.29, 1.82) is 0 Å². The molecule has 4 nitrogen and oxygen atoms in total. The molecule has 0 radical (unpaired) electrons. The molecule has 2 saturated heterocycles. The van der Waals surface area contributed by atoms with Gasteiger partial charge >= 0.3 is 0 Å². The molecule has 4 atom stereocenters. The SMILES string of the molecule is CCC1CC2C(C)(O1)C(C)OS2(=O)=O. The zero-order valence-electron chi connectivity index (χ0n) is 8.69. The van der Waals surface area contributed by atoms with Crippen molar-refractivity contribution in [2.75, 3.05) is 0 Å². The molecule has 2 aliphatic heterocycles. The number of rotatable bonds is 1. The Kier molecular flexibility index (Phi) is 2.18. The Morgan fingerprint density at radius 1 is 1.50 bits per heavy atom. The minimum Gasteiger partial charge on any atom is -0.368 e. The summed E-state index contributed by atoms with van der Waals surface area (Å²) in [6, 6.07) is 0. The summed E-state index contributed by atoms with van der Waals surface area (Å²) in [5, 5.41) is -0.477. The van der Waals surface area contributed by atoms with Gasteiger partial charge in [0.1, 0.15) is 17.0 Å². The van der Waals surface area contributed by atoms with Crippen LogP contribution < -0.4 is 0 Å². The Morgan fingerprint density at radius 3 is 2.64 bits per heavy atom. The van der Waals surface area contributed by atoms with Crippen LogP contribution in [0.4, 0.5) is 0 Å². The maximum atomic E-state index is 11.6. The van der Waals surface area contributed by atoms with Crippen molar-refractivity contribution < 1.29 is 17.3 Å². The third-order valence-electron chi connectivity index (χ3n) is 3.43. The molecule has 0 N–H and O–H groups in total. The average Bonchev–Trinajstić information content (AvgIpc) is 2.50. The van der Waals surface area contributed by atoms with Crippen LogP contribution in [-0.4, -0.2) is 31.5 Å². The summed E-state index contributed by atoms with van der Waals surface area (Å²) in [4.78, 5) is 0. The predicted molar refractivity (Wildman–Crippen MR) is 51.4 cm³/mol. The maximum absolute atomic E-state index is 11.6. The van der Waals surface area contributed by atoms with E-state index < -0.39 is 21.0 Å². The van der Waals surface area contributed by atoms with Crippen LogP contribution in [0.5, 0.6) is 0 Å². The first-order chi connectivity index (χ1) is 6.40. The number of ether oxygens (including phenoxy) is 1. The Morgan fingerprint density at radius 2 is 2.14 bits per heavy atom. The Balaban J connectivity index is 2.35. The molecule has 0 saturated carbocycles. The van der Waals surface area contributed by atoms with E-state index in [1.807, 2.05) is 13.8 Å². The van der Waals surface area contributed by atoms with Crippen molar-refractivity contribution in [1.82, 2.24) is 0 Å². The van der Waals surface area contributed by atoms with Gasteiger partial charge in [-0.2, -0.15) is 8.42 Å². The summed E-state index contributed by atoms with van der Waals surface area (Å²) in [7, 11) is -3.40. The summed E-state index contributed by atoms with van der Waals surface area (Å²) in [5.74, 6) is 0. The first kappa shape index (κ1) is 10.4. The molecule has 82 valence electrons. The highest BCUT2D eigenvalue weighted by molar-refractivity contribution is 7.87. The summed E-state index contributed by atoms with van der Waals surface area (Å²) >= 11 is 0. The van der Waals surface area contributed by atoms with Crippen molar-refractivity contribution >= 4 is 10.1 Å². The molecule has 0 aromatic carbocycles. The first-order valence-corrected chi connectivity index (χ1v) is 6.47. The molecule has 0 aliphatic carbocycles. The highest BCUT2D eigenvalue weighted by Crippen LogP contribution is 2.45. The van der Waals surface area contributed by atoms with Gasteiger partial charge in [0.25, 0.3) is 10.1 Å². The van der Waals surface area contributed by atoms with E-state index in [2.05, 4.69) is 0 Å². The van der Waals surface area contributed by atoms with Crippen molar-refractivity contribution in [3.8, 4) is 0 Å². The Bertz CT molecular complexity index is 337. The topological polar surface area (TPSA) is 52.6 Å². The molecule has 0 aromatic rings. The van der Waals surface area contributed by atoms with Gasteiger partial charge in [0.15, 0.2) is 0 Å². The quantitative estimate of drug-likeness (QED) is 0.620. The number of hydrogen-bond acceptors (Lipinski definition) is 4. The number of fused-ring (bicyclic) bond motifs is 1. The molecule has 2 heterocycles. The monoisotopic (exact) mass is 220 g/mol. The lowest BCUT2D eigenvalue weighted by Gasteiger charge is -2.25. The van der Waals surface area contributed by atoms with E-state index >= 15 is 0 Å². The molecule has 2 fully saturated rings. The van der Waals surface area contributed by atoms with Gasteiger partial charge in [-0.25, -0.2) is 0 Å². The van der Waals surface area contributed by atoms with Gasteiger partial charge in [-0.15, -0.1) is 0 Å². The second-order valence-electron chi connectivity index (χ2n) is 4.29. The third-order valence-corrected chi connectivity index (χ3v) is 5.34. The lowest BCUT2D eigenvalue weighted by Crippen LogP contribution is -2.40. The van der Waals surface area contributed by atoms with Crippen LogP contribution >= 0.6 is 0 Å². The van der Waals surface area contributed by atoms with Gasteiger partial charge in [-0.3, -0.25) is 4.18 Å². The average molecular weight is 220 g/mol. The third kappa shape index (κ3) is 1.22. The molecular weight excluding hydrogens is 204 g/mol. The molecule has 14 heavy (non-hydrogen) atoms. The Labute approximate surface area is 84.7 Å². The lowest BCUT2D eigenvalue weighted by atomic mass is 9.96. The van der Waals surface area contributed by atoms with Crippen molar-refractivity contribution in [3.63, 3.8) is 0 Å². The standard InChI is InChI=1S/C9H16O4S/c1-4-7-5-8-9(3,12-7)6(2)13-14(8,10)11/h6-8H,4-5H2,1-3H3. The van der Waals surface area contributed by atoms with Crippen LogP contribution in [-0.2, 0) is 19.0 Å². The van der Waals surface area contributed by atoms with Crippen LogP contribution in [0.3, 0.4) is 0 Å². The molecule has 2 aliphatic rings. The van der Waals surface area contributed by atoms with Gasteiger partial charge in [-0.1, -0.05) is 6.92 Å². The normalized spacial score (nSPS) is 50.6. The van der Waals surface area contributed by atoms with Gasteiger partial charge in [0.2, 0.25) is 0 Å². The zero-order chi connectivity index (χ0) is 10.6. The zero-order valence-corrected chi connectivity index (χ0v) is 9.50. The Hall–Kier alpha value is -0.130. The lowest BCUT2D eigenvalue weighted by molar-refractivity contribution is -0.0717.